The van der Waals surface area contributed by atoms with Gasteiger partial charge in [0, 0.05) is 38.3 Å². The average Bonchev–Trinajstić information content (AvgIpc) is 2.38. The molecular weight excluding hydrogens is 236 g/mol. The molecule has 0 rings (SSSR count). The van der Waals surface area contributed by atoms with Crippen molar-refractivity contribution in [3.63, 3.8) is 0 Å². The first-order chi connectivity index (χ1) is 8.88. The quantitative estimate of drug-likeness (QED) is 0.610. The van der Waals surface area contributed by atoms with Crippen molar-refractivity contribution in [1.82, 2.24) is 20.0 Å². The topological polar surface area (TPSA) is 21.8 Å². The minimum Gasteiger partial charge on any atom is -0.318 e. The van der Waals surface area contributed by atoms with Gasteiger partial charge in [-0.1, -0.05) is 0 Å². The van der Waals surface area contributed by atoms with Crippen LogP contribution >= 0.6 is 0 Å². The number of hydrogen-bond acceptors (Lipinski definition) is 4. The Kier molecular flexibility index (Phi) is 10.5. The molecule has 1 N–H and O–H groups in total. The molecule has 1 unspecified atom stereocenters. The van der Waals surface area contributed by atoms with Gasteiger partial charge in [0.1, 0.15) is 0 Å². The monoisotopic (exact) mass is 272 g/mol. The zero-order chi connectivity index (χ0) is 14.8. The van der Waals surface area contributed by atoms with Crippen molar-refractivity contribution in [2.75, 3.05) is 60.9 Å². The molecule has 0 aliphatic rings. The zero-order valence-corrected chi connectivity index (χ0v) is 14.2. The van der Waals surface area contributed by atoms with Gasteiger partial charge in [-0.25, -0.2) is 0 Å². The van der Waals surface area contributed by atoms with Gasteiger partial charge >= 0.3 is 0 Å². The molecule has 0 bridgehead atoms. The van der Waals surface area contributed by atoms with Gasteiger partial charge in [0.25, 0.3) is 0 Å². The van der Waals surface area contributed by atoms with Gasteiger partial charge in [0.2, 0.25) is 0 Å². The fourth-order valence-corrected chi connectivity index (χ4v) is 1.83. The molecular formula is C15H36N4. The van der Waals surface area contributed by atoms with E-state index in [9.17, 15) is 0 Å². The van der Waals surface area contributed by atoms with E-state index in [4.69, 9.17) is 0 Å². The first-order valence-corrected chi connectivity index (χ1v) is 7.62. The van der Waals surface area contributed by atoms with E-state index in [-0.39, 0.29) is 0 Å². The van der Waals surface area contributed by atoms with Crippen LogP contribution in [0.2, 0.25) is 0 Å². The Labute approximate surface area is 121 Å². The molecule has 0 radical (unpaired) electrons. The average molecular weight is 272 g/mol. The van der Waals surface area contributed by atoms with E-state index in [0.29, 0.717) is 12.1 Å². The Hall–Kier alpha value is -0.160. The number of nitrogens with one attached hydrogen (secondary N) is 1. The molecule has 116 valence electrons. The first-order valence-electron chi connectivity index (χ1n) is 7.62. The second kappa shape index (κ2) is 10.6. The van der Waals surface area contributed by atoms with Crippen LogP contribution in [0.3, 0.4) is 0 Å². The molecule has 0 saturated carbocycles. The standard InChI is InChI=1S/C15H36N4/c1-14(2)18(6)10-8-15(3)19(7)13-12-17(5)11-9-16-4/h14-16H,8-13H2,1-7H3. The van der Waals surface area contributed by atoms with Crippen molar-refractivity contribution >= 4 is 0 Å². The smallest absolute Gasteiger partial charge is 0.0109 e. The maximum atomic E-state index is 3.19. The van der Waals surface area contributed by atoms with Crippen molar-refractivity contribution in [3.8, 4) is 0 Å². The molecule has 0 aromatic carbocycles. The predicted octanol–water partition coefficient (Wildman–Crippen LogP) is 1.19. The SMILES string of the molecule is CNCCN(C)CCN(C)C(C)CCN(C)C(C)C. The number of hydrogen-bond donors (Lipinski definition) is 1. The van der Waals surface area contributed by atoms with Gasteiger partial charge < -0.3 is 20.0 Å². The molecule has 0 saturated heterocycles. The second-order valence-electron chi connectivity index (χ2n) is 6.10. The molecule has 0 heterocycles. The first kappa shape index (κ1) is 18.8. The van der Waals surface area contributed by atoms with Crippen LogP contribution in [0.5, 0.6) is 0 Å². The summed E-state index contributed by atoms with van der Waals surface area (Å²) in [5.74, 6) is 0. The summed E-state index contributed by atoms with van der Waals surface area (Å²) in [4.78, 5) is 7.29. The molecule has 0 fully saturated rings. The summed E-state index contributed by atoms with van der Waals surface area (Å²) in [5, 5.41) is 3.19. The van der Waals surface area contributed by atoms with E-state index < -0.39 is 0 Å². The maximum Gasteiger partial charge on any atom is 0.0109 e. The minimum atomic E-state index is 0.644. The summed E-state index contributed by atoms with van der Waals surface area (Å²) in [6, 6.07) is 1.30. The molecule has 0 aliphatic heterocycles. The molecule has 19 heavy (non-hydrogen) atoms. The fourth-order valence-electron chi connectivity index (χ4n) is 1.83. The number of likely N-dealkylation sites (N-methyl/N-ethyl adjacent to an activating group) is 3. The highest BCUT2D eigenvalue weighted by atomic mass is 15.2. The van der Waals surface area contributed by atoms with Crippen LogP contribution in [0, 0.1) is 0 Å². The van der Waals surface area contributed by atoms with Crippen LogP contribution in [0.15, 0.2) is 0 Å². The van der Waals surface area contributed by atoms with Crippen LogP contribution in [-0.4, -0.2) is 87.7 Å². The van der Waals surface area contributed by atoms with Crippen molar-refractivity contribution in [1.29, 1.82) is 0 Å². The second-order valence-corrected chi connectivity index (χ2v) is 6.10. The molecule has 0 aromatic heterocycles. The predicted molar refractivity (Wildman–Crippen MR) is 85.9 cm³/mol. The normalized spacial score (nSPS) is 14.1. The summed E-state index contributed by atoms with van der Waals surface area (Å²) in [7, 11) is 8.66. The molecule has 1 atom stereocenters. The Morgan fingerprint density at radius 2 is 1.47 bits per heavy atom. The van der Waals surface area contributed by atoms with Crippen LogP contribution < -0.4 is 5.32 Å². The van der Waals surface area contributed by atoms with Crippen molar-refractivity contribution in [2.24, 2.45) is 0 Å². The summed E-state index contributed by atoms with van der Waals surface area (Å²) in [6.45, 7) is 12.5. The summed E-state index contributed by atoms with van der Waals surface area (Å²) >= 11 is 0. The van der Waals surface area contributed by atoms with E-state index in [2.05, 4.69) is 61.9 Å². The van der Waals surface area contributed by atoms with Gasteiger partial charge in [0.15, 0.2) is 0 Å². The minimum absolute atomic E-state index is 0.644. The largest absolute Gasteiger partial charge is 0.318 e. The van der Waals surface area contributed by atoms with Crippen molar-refractivity contribution in [2.45, 2.75) is 39.3 Å². The van der Waals surface area contributed by atoms with E-state index >= 15 is 0 Å². The maximum absolute atomic E-state index is 3.19. The summed E-state index contributed by atoms with van der Waals surface area (Å²) in [6.07, 6.45) is 1.24. The lowest BCUT2D eigenvalue weighted by atomic mass is 10.2. The Morgan fingerprint density at radius 1 is 0.842 bits per heavy atom. The van der Waals surface area contributed by atoms with Crippen molar-refractivity contribution < 1.29 is 0 Å². The highest BCUT2D eigenvalue weighted by molar-refractivity contribution is 4.68. The molecule has 0 aromatic rings. The van der Waals surface area contributed by atoms with Gasteiger partial charge in [-0.15, -0.1) is 0 Å². The fraction of sp³-hybridized carbons (Fsp3) is 1.00. The van der Waals surface area contributed by atoms with Gasteiger partial charge in [-0.2, -0.15) is 0 Å². The summed E-state index contributed by atoms with van der Waals surface area (Å²) < 4.78 is 0. The van der Waals surface area contributed by atoms with Crippen LogP contribution in [0.25, 0.3) is 0 Å². The van der Waals surface area contributed by atoms with E-state index in [0.717, 1.165) is 26.2 Å². The Balaban J connectivity index is 3.77. The van der Waals surface area contributed by atoms with Crippen LogP contribution in [0.4, 0.5) is 0 Å². The lowest BCUT2D eigenvalue weighted by Crippen LogP contribution is -2.39. The van der Waals surface area contributed by atoms with E-state index in [1.807, 2.05) is 7.05 Å². The molecule has 0 amide bonds. The highest BCUT2D eigenvalue weighted by Crippen LogP contribution is 2.04. The van der Waals surface area contributed by atoms with Gasteiger partial charge in [-0.05, 0) is 61.9 Å². The van der Waals surface area contributed by atoms with Gasteiger partial charge in [0.05, 0.1) is 0 Å². The zero-order valence-electron chi connectivity index (χ0n) is 14.2. The third-order valence-electron chi connectivity index (χ3n) is 4.11. The van der Waals surface area contributed by atoms with Gasteiger partial charge in [-0.3, -0.25) is 0 Å². The molecule has 4 heteroatoms. The Bertz CT molecular complexity index is 208. The number of nitrogens with zero attached hydrogens (tertiary/aromatic N) is 3. The highest BCUT2D eigenvalue weighted by Gasteiger charge is 2.11. The Morgan fingerprint density at radius 3 is 2.00 bits per heavy atom. The third kappa shape index (κ3) is 9.38. The van der Waals surface area contributed by atoms with E-state index in [1.165, 1.54) is 13.0 Å². The lowest BCUT2D eigenvalue weighted by Gasteiger charge is -2.29. The molecule has 0 aliphatic carbocycles. The number of rotatable bonds is 11. The van der Waals surface area contributed by atoms with Crippen LogP contribution in [-0.2, 0) is 0 Å². The summed E-state index contributed by atoms with van der Waals surface area (Å²) in [5.41, 5.74) is 0. The van der Waals surface area contributed by atoms with Crippen LogP contribution in [0.1, 0.15) is 27.2 Å². The molecule has 4 nitrogen and oxygen atoms in total. The van der Waals surface area contributed by atoms with Crippen molar-refractivity contribution in [3.05, 3.63) is 0 Å². The molecule has 0 spiro atoms. The lowest BCUT2D eigenvalue weighted by molar-refractivity contribution is 0.183. The van der Waals surface area contributed by atoms with E-state index in [1.54, 1.807) is 0 Å². The third-order valence-corrected chi connectivity index (χ3v) is 4.11.